The van der Waals surface area contributed by atoms with Crippen molar-refractivity contribution >= 4 is 27.5 Å². The van der Waals surface area contributed by atoms with Crippen LogP contribution in [0.15, 0.2) is 18.2 Å². The van der Waals surface area contributed by atoms with Crippen LogP contribution in [0.5, 0.6) is 0 Å². The molecule has 0 aliphatic heterocycles. The third-order valence-corrected chi connectivity index (χ3v) is 2.30. The van der Waals surface area contributed by atoms with E-state index in [9.17, 15) is 26.3 Å². The Morgan fingerprint density at radius 2 is 1.59 bits per heavy atom. The van der Waals surface area contributed by atoms with E-state index in [0.29, 0.717) is 10.9 Å². The summed E-state index contributed by atoms with van der Waals surface area (Å²) in [5.41, 5.74) is -0.200. The second-order valence-electron chi connectivity index (χ2n) is 2.73. The average Bonchev–Trinajstić information content (AvgIpc) is 2.14. The minimum Gasteiger partial charge on any atom is -0.174 e. The standard InChI is InChI=1S/C8H5BrClF3.CHF3/c9-4-5-1-6(8(11,12)13)3-7(10)2-5;2-1(3)4/h1-3H,4H2;1H. The first-order valence-electron chi connectivity index (χ1n) is 4.01. The lowest BCUT2D eigenvalue weighted by molar-refractivity contribution is -0.137. The average molecular weight is 343 g/mol. The van der Waals surface area contributed by atoms with Gasteiger partial charge in [0.05, 0.1) is 5.56 Å². The molecule has 0 bridgehead atoms. The fraction of sp³-hybridized carbons (Fsp3) is 0.333. The van der Waals surface area contributed by atoms with E-state index >= 15 is 0 Å². The zero-order chi connectivity index (χ0) is 13.6. The Hall–Kier alpha value is -0.430. The van der Waals surface area contributed by atoms with Crippen molar-refractivity contribution in [2.24, 2.45) is 0 Å². The van der Waals surface area contributed by atoms with Crippen molar-refractivity contribution in [1.29, 1.82) is 0 Å². The summed E-state index contributed by atoms with van der Waals surface area (Å²) in [7, 11) is 0. The smallest absolute Gasteiger partial charge is 0.174 e. The molecule has 0 saturated heterocycles. The van der Waals surface area contributed by atoms with Crippen LogP contribution >= 0.6 is 27.5 Å². The Labute approximate surface area is 107 Å². The summed E-state index contributed by atoms with van der Waals surface area (Å²) in [6, 6.07) is 3.47. The molecule has 0 atom stereocenters. The maximum atomic E-state index is 12.2. The van der Waals surface area contributed by atoms with Crippen LogP contribution in [-0.4, -0.2) is 6.68 Å². The van der Waals surface area contributed by atoms with Gasteiger partial charge in [0.2, 0.25) is 0 Å². The largest absolute Gasteiger partial charge is 0.416 e. The predicted molar refractivity (Wildman–Crippen MR) is 56.2 cm³/mol. The van der Waals surface area contributed by atoms with Crippen molar-refractivity contribution in [2.45, 2.75) is 18.2 Å². The highest BCUT2D eigenvalue weighted by molar-refractivity contribution is 9.08. The first-order chi connectivity index (χ1) is 7.66. The molecule has 0 spiro atoms. The predicted octanol–water partition coefficient (Wildman–Crippen LogP) is 5.43. The topological polar surface area (TPSA) is 0 Å². The van der Waals surface area contributed by atoms with Gasteiger partial charge in [0.1, 0.15) is 0 Å². The van der Waals surface area contributed by atoms with E-state index < -0.39 is 18.4 Å². The van der Waals surface area contributed by atoms with Gasteiger partial charge in [-0.1, -0.05) is 27.5 Å². The van der Waals surface area contributed by atoms with Crippen LogP contribution in [0.25, 0.3) is 0 Å². The van der Waals surface area contributed by atoms with Crippen LogP contribution in [0.2, 0.25) is 5.02 Å². The number of benzene rings is 1. The van der Waals surface area contributed by atoms with Crippen molar-refractivity contribution in [2.75, 3.05) is 0 Å². The van der Waals surface area contributed by atoms with Gasteiger partial charge in [-0.25, -0.2) is 0 Å². The van der Waals surface area contributed by atoms with Crippen LogP contribution in [0.1, 0.15) is 11.1 Å². The lowest BCUT2D eigenvalue weighted by atomic mass is 10.1. The Bertz CT molecular complexity index is 349. The van der Waals surface area contributed by atoms with Crippen LogP contribution in [0.3, 0.4) is 0 Å². The van der Waals surface area contributed by atoms with Crippen LogP contribution in [0.4, 0.5) is 26.3 Å². The Balaban J connectivity index is 0.000000557. The van der Waals surface area contributed by atoms with Crippen molar-refractivity contribution < 1.29 is 26.3 Å². The third kappa shape index (κ3) is 7.49. The second kappa shape index (κ2) is 7.10. The molecule has 0 N–H and O–H groups in total. The normalized spacial score (nSPS) is 11.1. The number of hydrogen-bond acceptors (Lipinski definition) is 0. The molecule has 0 aliphatic rings. The van der Waals surface area contributed by atoms with Crippen molar-refractivity contribution in [3.63, 3.8) is 0 Å². The highest BCUT2D eigenvalue weighted by Crippen LogP contribution is 2.32. The minimum atomic E-state index is -4.33. The van der Waals surface area contributed by atoms with Gasteiger partial charge in [0.25, 0.3) is 0 Å². The van der Waals surface area contributed by atoms with E-state index in [-0.39, 0.29) is 5.02 Å². The molecular weight excluding hydrogens is 337 g/mol. The summed E-state index contributed by atoms with van der Waals surface area (Å²) in [5, 5.41) is 0.459. The molecule has 8 heteroatoms. The highest BCUT2D eigenvalue weighted by atomic mass is 79.9. The maximum absolute atomic E-state index is 12.2. The minimum absolute atomic E-state index is 0.101. The van der Waals surface area contributed by atoms with E-state index in [1.807, 2.05) is 0 Å². The molecule has 0 unspecified atom stereocenters. The molecule has 0 aliphatic carbocycles. The van der Waals surface area contributed by atoms with E-state index in [2.05, 4.69) is 15.9 Å². The summed E-state index contributed by atoms with van der Waals surface area (Å²) in [5.74, 6) is 0. The van der Waals surface area contributed by atoms with E-state index in [0.717, 1.165) is 12.1 Å². The zero-order valence-corrected chi connectivity index (χ0v) is 10.4. The number of hydrogen-bond donors (Lipinski definition) is 0. The van der Waals surface area contributed by atoms with Gasteiger partial charge in [-0.15, -0.1) is 0 Å². The molecule has 1 rings (SSSR count). The van der Waals surface area contributed by atoms with Crippen LogP contribution in [-0.2, 0) is 11.5 Å². The maximum Gasteiger partial charge on any atom is 0.416 e. The number of rotatable bonds is 1. The Morgan fingerprint density at radius 1 is 1.12 bits per heavy atom. The van der Waals surface area contributed by atoms with Gasteiger partial charge in [-0.2, -0.15) is 26.3 Å². The Morgan fingerprint density at radius 3 is 1.94 bits per heavy atom. The lowest BCUT2D eigenvalue weighted by Gasteiger charge is -2.08. The first kappa shape index (κ1) is 16.6. The molecule has 0 amide bonds. The summed E-state index contributed by atoms with van der Waals surface area (Å²) >= 11 is 8.58. The van der Waals surface area contributed by atoms with Crippen LogP contribution < -0.4 is 0 Å². The monoisotopic (exact) mass is 342 g/mol. The third-order valence-electron chi connectivity index (χ3n) is 1.44. The number of halogens is 8. The van der Waals surface area contributed by atoms with E-state index in [1.54, 1.807) is 0 Å². The van der Waals surface area contributed by atoms with E-state index in [4.69, 9.17) is 11.6 Å². The van der Waals surface area contributed by atoms with Gasteiger partial charge < -0.3 is 0 Å². The van der Waals surface area contributed by atoms with Gasteiger partial charge in [0, 0.05) is 10.4 Å². The second-order valence-corrected chi connectivity index (χ2v) is 3.72. The summed E-state index contributed by atoms with van der Waals surface area (Å²) in [6.07, 6.45) is -4.33. The first-order valence-corrected chi connectivity index (χ1v) is 5.51. The molecule has 1 aromatic carbocycles. The molecule has 17 heavy (non-hydrogen) atoms. The highest BCUT2D eigenvalue weighted by Gasteiger charge is 2.30. The summed E-state index contributed by atoms with van der Waals surface area (Å²) < 4.78 is 65.6. The molecule has 0 aromatic heterocycles. The van der Waals surface area contributed by atoms with Crippen molar-refractivity contribution in [1.82, 2.24) is 0 Å². The quantitative estimate of drug-likeness (QED) is 0.471. The van der Waals surface area contributed by atoms with Crippen molar-refractivity contribution in [3.8, 4) is 0 Å². The molecule has 1 aromatic rings. The molecule has 0 saturated carbocycles. The van der Waals surface area contributed by atoms with Gasteiger partial charge in [0.15, 0.2) is 0 Å². The number of alkyl halides is 7. The molecule has 98 valence electrons. The summed E-state index contributed by atoms with van der Waals surface area (Å²) in [6.45, 7) is -3.67. The summed E-state index contributed by atoms with van der Waals surface area (Å²) in [4.78, 5) is 0. The molecule has 0 nitrogen and oxygen atoms in total. The molecule has 0 fully saturated rings. The lowest BCUT2D eigenvalue weighted by Crippen LogP contribution is -2.05. The molecular formula is C9H6BrClF6. The van der Waals surface area contributed by atoms with Gasteiger partial charge in [-0.3, -0.25) is 0 Å². The van der Waals surface area contributed by atoms with Gasteiger partial charge >= 0.3 is 12.9 Å². The fourth-order valence-corrected chi connectivity index (χ4v) is 1.47. The van der Waals surface area contributed by atoms with Gasteiger partial charge in [-0.05, 0) is 23.8 Å². The zero-order valence-electron chi connectivity index (χ0n) is 8.04. The van der Waals surface area contributed by atoms with Crippen LogP contribution in [0, 0.1) is 0 Å². The molecule has 0 radical (unpaired) electrons. The van der Waals surface area contributed by atoms with Crippen molar-refractivity contribution in [3.05, 3.63) is 34.3 Å². The SMILES string of the molecule is FC(F)(F)c1cc(Cl)cc(CBr)c1.FC(F)F. The molecule has 0 heterocycles. The fourth-order valence-electron chi connectivity index (χ4n) is 0.891. The Kier molecular flexibility index (Phi) is 6.92. The van der Waals surface area contributed by atoms with E-state index in [1.165, 1.54) is 6.07 Å².